The van der Waals surface area contributed by atoms with E-state index >= 15 is 0 Å². The van der Waals surface area contributed by atoms with E-state index in [0.29, 0.717) is 12.1 Å². The van der Waals surface area contributed by atoms with Crippen molar-refractivity contribution < 1.29 is 0 Å². The Bertz CT molecular complexity index is 49.5. The molecule has 10 heavy (non-hydrogen) atoms. The molecule has 0 aliphatic heterocycles. The first-order valence-corrected chi connectivity index (χ1v) is 3.80. The minimum atomic E-state index is 0.333. The molecule has 0 spiro atoms. The van der Waals surface area contributed by atoms with Gasteiger partial charge in [-0.2, -0.15) is 0 Å². The molecular formula is C8H22N2. The van der Waals surface area contributed by atoms with Gasteiger partial charge in [-0.1, -0.05) is 13.8 Å². The molecule has 0 rings (SSSR count). The monoisotopic (exact) mass is 146 g/mol. The number of nitrogens with zero attached hydrogens (tertiary/aromatic N) is 1. The summed E-state index contributed by atoms with van der Waals surface area (Å²) in [6.07, 6.45) is 0. The smallest absolute Gasteiger partial charge is 0.00324 e. The molecular weight excluding hydrogens is 124 g/mol. The van der Waals surface area contributed by atoms with E-state index in [1.165, 1.54) is 0 Å². The molecule has 0 aliphatic carbocycles. The van der Waals surface area contributed by atoms with Gasteiger partial charge in [-0.3, -0.25) is 0 Å². The number of hydrogen-bond donors (Lipinski definition) is 1. The van der Waals surface area contributed by atoms with E-state index in [9.17, 15) is 0 Å². The van der Waals surface area contributed by atoms with Gasteiger partial charge in [0.2, 0.25) is 0 Å². The molecule has 0 aromatic carbocycles. The second-order valence-corrected chi connectivity index (χ2v) is 3.30. The van der Waals surface area contributed by atoms with E-state index in [1.54, 1.807) is 0 Å². The molecule has 0 fully saturated rings. The van der Waals surface area contributed by atoms with Crippen LogP contribution in [0.4, 0.5) is 0 Å². The predicted molar refractivity (Wildman–Crippen MR) is 48.1 cm³/mol. The highest BCUT2D eigenvalue weighted by atomic mass is 15.1. The van der Waals surface area contributed by atoms with Crippen molar-refractivity contribution in [2.24, 2.45) is 5.73 Å². The minimum Gasteiger partial charge on any atom is -0.328 e. The van der Waals surface area contributed by atoms with Crippen molar-refractivity contribution in [2.45, 2.75) is 39.8 Å². The van der Waals surface area contributed by atoms with Gasteiger partial charge in [0.05, 0.1) is 0 Å². The summed E-state index contributed by atoms with van der Waals surface area (Å²) in [6, 6.07) is 1.02. The molecule has 0 radical (unpaired) electrons. The molecule has 2 N–H and O–H groups in total. The van der Waals surface area contributed by atoms with Gasteiger partial charge in [-0.25, -0.2) is 0 Å². The third-order valence-corrected chi connectivity index (χ3v) is 1.03. The number of nitrogens with two attached hydrogens (primary N) is 1. The minimum absolute atomic E-state index is 0.333. The van der Waals surface area contributed by atoms with Gasteiger partial charge in [0.1, 0.15) is 0 Å². The van der Waals surface area contributed by atoms with Crippen LogP contribution in [0.1, 0.15) is 27.7 Å². The Morgan fingerprint density at radius 3 is 1.10 bits per heavy atom. The Kier molecular flexibility index (Phi) is 8.85. The summed E-state index contributed by atoms with van der Waals surface area (Å²) in [4.78, 5) is 2.17. The fourth-order valence-electron chi connectivity index (χ4n) is 0. The Labute approximate surface area is 65.4 Å². The largest absolute Gasteiger partial charge is 0.328 e. The van der Waals surface area contributed by atoms with E-state index in [0.717, 1.165) is 0 Å². The highest BCUT2D eigenvalue weighted by Crippen LogP contribution is 1.84. The van der Waals surface area contributed by atoms with Gasteiger partial charge in [0.15, 0.2) is 0 Å². The standard InChI is InChI=1S/C5H13N.C3H9N/c1-5(2)6(3)4;1-3(2)4/h5H,1-4H3;3H,4H2,1-2H3. The lowest BCUT2D eigenvalue weighted by Gasteiger charge is -2.12. The highest BCUT2D eigenvalue weighted by Gasteiger charge is 1.90. The van der Waals surface area contributed by atoms with Crippen molar-refractivity contribution in [3.8, 4) is 0 Å². The van der Waals surface area contributed by atoms with Crippen LogP contribution in [0.15, 0.2) is 0 Å². The quantitative estimate of drug-likeness (QED) is 0.604. The van der Waals surface area contributed by atoms with E-state index in [1.807, 2.05) is 13.8 Å². The second kappa shape index (κ2) is 7.03. The zero-order valence-electron chi connectivity index (χ0n) is 8.18. The topological polar surface area (TPSA) is 29.3 Å². The third-order valence-electron chi connectivity index (χ3n) is 1.03. The number of hydrogen-bond acceptors (Lipinski definition) is 2. The Hall–Kier alpha value is -0.0800. The molecule has 0 amide bonds. The van der Waals surface area contributed by atoms with Crippen LogP contribution in [-0.2, 0) is 0 Å². The first-order chi connectivity index (χ1) is 4.37. The van der Waals surface area contributed by atoms with Gasteiger partial charge >= 0.3 is 0 Å². The average molecular weight is 146 g/mol. The molecule has 2 nitrogen and oxygen atoms in total. The second-order valence-electron chi connectivity index (χ2n) is 3.30. The van der Waals surface area contributed by atoms with E-state index < -0.39 is 0 Å². The van der Waals surface area contributed by atoms with Crippen molar-refractivity contribution in [1.29, 1.82) is 0 Å². The fraction of sp³-hybridized carbons (Fsp3) is 1.00. The molecule has 2 heteroatoms. The molecule has 0 unspecified atom stereocenters. The van der Waals surface area contributed by atoms with Gasteiger partial charge < -0.3 is 10.6 Å². The molecule has 0 aromatic heterocycles. The van der Waals surface area contributed by atoms with Crippen LogP contribution in [0.25, 0.3) is 0 Å². The highest BCUT2D eigenvalue weighted by molar-refractivity contribution is 4.46. The lowest BCUT2D eigenvalue weighted by molar-refractivity contribution is 0.335. The fourth-order valence-corrected chi connectivity index (χ4v) is 0. The summed E-state index contributed by atoms with van der Waals surface area (Å²) < 4.78 is 0. The molecule has 0 aliphatic rings. The Morgan fingerprint density at radius 1 is 1.00 bits per heavy atom. The average Bonchev–Trinajstić information content (AvgIpc) is 1.63. The van der Waals surface area contributed by atoms with Gasteiger partial charge in [0, 0.05) is 6.04 Å². The summed E-state index contributed by atoms with van der Waals surface area (Å²) in [5, 5.41) is 0. The van der Waals surface area contributed by atoms with Crippen molar-refractivity contribution >= 4 is 0 Å². The zero-order valence-corrected chi connectivity index (χ0v) is 8.18. The summed E-state index contributed by atoms with van der Waals surface area (Å²) in [5.74, 6) is 0. The van der Waals surface area contributed by atoms with Crippen LogP contribution in [0.3, 0.4) is 0 Å². The van der Waals surface area contributed by atoms with Crippen LogP contribution >= 0.6 is 0 Å². The maximum atomic E-state index is 5.11. The molecule has 0 aromatic rings. The van der Waals surface area contributed by atoms with Crippen molar-refractivity contribution in [3.05, 3.63) is 0 Å². The van der Waals surface area contributed by atoms with Crippen molar-refractivity contribution in [2.75, 3.05) is 14.1 Å². The van der Waals surface area contributed by atoms with E-state index in [4.69, 9.17) is 5.73 Å². The molecule has 0 atom stereocenters. The van der Waals surface area contributed by atoms with Crippen molar-refractivity contribution in [3.63, 3.8) is 0 Å². The van der Waals surface area contributed by atoms with Crippen LogP contribution < -0.4 is 5.73 Å². The maximum absolute atomic E-state index is 5.11. The molecule has 0 saturated carbocycles. The lowest BCUT2D eigenvalue weighted by atomic mass is 10.4. The summed E-state index contributed by atoms with van der Waals surface area (Å²) in [7, 11) is 4.15. The van der Waals surface area contributed by atoms with Crippen LogP contribution in [0.2, 0.25) is 0 Å². The van der Waals surface area contributed by atoms with Gasteiger partial charge in [0.25, 0.3) is 0 Å². The zero-order chi connectivity index (χ0) is 8.73. The van der Waals surface area contributed by atoms with Crippen LogP contribution in [0.5, 0.6) is 0 Å². The van der Waals surface area contributed by atoms with E-state index in [-0.39, 0.29) is 0 Å². The van der Waals surface area contributed by atoms with Gasteiger partial charge in [-0.05, 0) is 34.0 Å². The summed E-state index contributed by atoms with van der Waals surface area (Å²) in [5.41, 5.74) is 5.11. The molecule has 0 saturated heterocycles. The SMILES string of the molecule is CC(C)N.CC(C)N(C)C. The normalized spacial score (nSPS) is 10.2. The van der Waals surface area contributed by atoms with Gasteiger partial charge in [-0.15, -0.1) is 0 Å². The van der Waals surface area contributed by atoms with E-state index in [2.05, 4.69) is 32.8 Å². The maximum Gasteiger partial charge on any atom is 0.00324 e. The van der Waals surface area contributed by atoms with Crippen LogP contribution in [0, 0.1) is 0 Å². The predicted octanol–water partition coefficient (Wildman–Crippen LogP) is 1.31. The first-order valence-electron chi connectivity index (χ1n) is 3.80. The van der Waals surface area contributed by atoms with Crippen molar-refractivity contribution in [1.82, 2.24) is 4.90 Å². The number of rotatable bonds is 1. The molecule has 0 bridgehead atoms. The Morgan fingerprint density at radius 2 is 1.10 bits per heavy atom. The summed E-state index contributed by atoms with van der Waals surface area (Å²) in [6.45, 7) is 8.22. The Balaban J connectivity index is 0. The molecule has 64 valence electrons. The lowest BCUT2D eigenvalue weighted by Crippen LogP contribution is -2.20. The first kappa shape index (κ1) is 12.6. The van der Waals surface area contributed by atoms with Crippen LogP contribution in [-0.4, -0.2) is 31.1 Å². The summed E-state index contributed by atoms with van der Waals surface area (Å²) >= 11 is 0. The molecule has 0 heterocycles. The third kappa shape index (κ3) is 24.7.